The number of aromatic amines is 1. The number of nitrogens with zero attached hydrogens (tertiary/aromatic N) is 3. The van der Waals surface area contributed by atoms with Crippen LogP contribution in [0.15, 0.2) is 32.8 Å². The van der Waals surface area contributed by atoms with Gasteiger partial charge in [-0.25, -0.2) is 18.7 Å². The van der Waals surface area contributed by atoms with Gasteiger partial charge >= 0.3 is 27.0 Å². The van der Waals surface area contributed by atoms with Gasteiger partial charge in [0, 0.05) is 37.4 Å². The van der Waals surface area contributed by atoms with Crippen molar-refractivity contribution >= 4 is 21.5 Å². The van der Waals surface area contributed by atoms with Crippen LogP contribution in [0.4, 0.5) is 5.82 Å². The van der Waals surface area contributed by atoms with Crippen molar-refractivity contribution in [2.24, 2.45) is 0 Å². The quantitative estimate of drug-likeness (QED) is 0.117. The number of nitrogens with two attached hydrogens (primary N) is 1. The SMILES string of the molecule is Cc1cn([C@H]2C[C@H](OP(=O)(O)OC[C@H]3O[C@@H](n4ccc(N)nc4=O)C[C@@H]3OP(=O)(O)OC[C@H]3OCC[C@@H]3O)[C@@H](CO)O2)c(=O)[nH]c1=O.O. The van der Waals surface area contributed by atoms with Gasteiger partial charge in [-0.1, -0.05) is 0 Å². The van der Waals surface area contributed by atoms with E-state index < -0.39 is 101 Å². The lowest BCUT2D eigenvalue weighted by Crippen LogP contribution is -2.33. The summed E-state index contributed by atoms with van der Waals surface area (Å²) in [5, 5.41) is 19.7. The molecule has 24 heteroatoms. The number of aromatic nitrogens is 4. The Kier molecular flexibility index (Phi) is 12.3. The van der Waals surface area contributed by atoms with Crippen molar-refractivity contribution in [1.82, 2.24) is 19.1 Å². The molecule has 0 bridgehead atoms. The largest absolute Gasteiger partial charge is 0.472 e. The summed E-state index contributed by atoms with van der Waals surface area (Å²) in [6.07, 6.45) is -6.75. The van der Waals surface area contributed by atoms with Gasteiger partial charge in [-0.05, 0) is 19.4 Å². The van der Waals surface area contributed by atoms with Crippen LogP contribution < -0.4 is 22.7 Å². The molecule has 0 saturated carbocycles. The van der Waals surface area contributed by atoms with Crippen molar-refractivity contribution in [2.75, 3.05) is 32.2 Å². The molecular formula is C24H37N5O17P2. The molecule has 2 aromatic rings. The predicted octanol–water partition coefficient (Wildman–Crippen LogP) is -2.42. The number of phosphoric ester groups is 2. The average Bonchev–Trinajstić information content (AvgIpc) is 3.70. The fourth-order valence-electron chi connectivity index (χ4n) is 5.26. The van der Waals surface area contributed by atoms with Gasteiger partial charge < -0.3 is 45.4 Å². The molecule has 270 valence electrons. The summed E-state index contributed by atoms with van der Waals surface area (Å²) < 4.78 is 65.3. The van der Waals surface area contributed by atoms with E-state index in [9.17, 15) is 43.5 Å². The molecule has 0 aliphatic carbocycles. The number of nitrogens with one attached hydrogen (secondary N) is 1. The highest BCUT2D eigenvalue weighted by atomic mass is 31.2. The number of nitrogen functional groups attached to an aromatic ring is 1. The Bertz CT molecular complexity index is 1700. The van der Waals surface area contributed by atoms with Crippen molar-refractivity contribution in [3.63, 3.8) is 0 Å². The standard InChI is InChI=1S/C24H35N5O16P2.H2O/c1-12-8-29(24(34)27-22(12)32)21-6-14(16(9-30)42-21)44-47(37,38)41-11-18-15(7-20(43-18)28-4-2-19(25)26-23(28)33)45-46(35,36)40-10-17-13(31)3-5-39-17;/h2,4,8,13-18,20-21,30-31H,3,5-7,9-11H2,1H3,(H,35,36)(H,37,38)(H2,25,26,33)(H,27,32,34);1H2/t13-,14-,15-,16+,17+,18+,20+,21+;/m0./s1. The van der Waals surface area contributed by atoms with E-state index in [2.05, 4.69) is 9.97 Å². The summed E-state index contributed by atoms with van der Waals surface area (Å²) in [5.41, 5.74) is 3.52. The number of aliphatic hydroxyl groups is 2. The molecule has 0 radical (unpaired) electrons. The monoisotopic (exact) mass is 729 g/mol. The fraction of sp³-hybridized carbons (Fsp3) is 0.667. The summed E-state index contributed by atoms with van der Waals surface area (Å²) >= 11 is 0. The maximum Gasteiger partial charge on any atom is 0.472 e. The van der Waals surface area contributed by atoms with E-state index in [4.69, 9.17) is 38.0 Å². The third-order valence-electron chi connectivity index (χ3n) is 7.67. The Balaban J connectivity index is 0.00000520. The molecule has 48 heavy (non-hydrogen) atoms. The van der Waals surface area contributed by atoms with Gasteiger partial charge in [-0.3, -0.25) is 37.0 Å². The third kappa shape index (κ3) is 9.11. The summed E-state index contributed by atoms with van der Waals surface area (Å²) in [6.45, 7) is -0.221. The zero-order valence-electron chi connectivity index (χ0n) is 25.3. The third-order valence-corrected chi connectivity index (χ3v) is 9.70. The number of H-pyrrole nitrogens is 1. The Hall–Kier alpha value is -2.66. The first kappa shape index (κ1) is 38.1. The van der Waals surface area contributed by atoms with Crippen LogP contribution in [-0.4, -0.2) is 108 Å². The Labute approximate surface area is 270 Å². The van der Waals surface area contributed by atoms with Gasteiger partial charge in [0.2, 0.25) is 0 Å². The molecule has 3 fully saturated rings. The molecule has 5 rings (SSSR count). The summed E-state index contributed by atoms with van der Waals surface area (Å²) in [5.74, 6) is -0.0697. The first-order valence-electron chi connectivity index (χ1n) is 14.3. The van der Waals surface area contributed by atoms with Crippen LogP contribution in [0.1, 0.15) is 37.3 Å². The highest BCUT2D eigenvalue weighted by Gasteiger charge is 2.46. The number of aryl methyl sites for hydroxylation is 1. The maximum atomic E-state index is 13.0. The second kappa shape index (κ2) is 15.5. The van der Waals surface area contributed by atoms with E-state index in [-0.39, 0.29) is 36.3 Å². The molecule has 0 spiro atoms. The number of hydrogen-bond donors (Lipinski definition) is 6. The number of rotatable bonds is 13. The minimum atomic E-state index is -4.99. The molecule has 3 saturated heterocycles. The minimum absolute atomic E-state index is 0. The maximum absolute atomic E-state index is 13.0. The minimum Gasteiger partial charge on any atom is -0.412 e. The predicted molar refractivity (Wildman–Crippen MR) is 158 cm³/mol. The second-order valence-corrected chi connectivity index (χ2v) is 13.8. The number of ether oxygens (including phenoxy) is 3. The van der Waals surface area contributed by atoms with E-state index in [0.717, 1.165) is 9.13 Å². The highest BCUT2D eigenvalue weighted by molar-refractivity contribution is 7.47. The Morgan fingerprint density at radius 3 is 2.17 bits per heavy atom. The molecule has 10 atom stereocenters. The molecule has 3 aliphatic heterocycles. The van der Waals surface area contributed by atoms with Gasteiger partial charge in [-0.15, -0.1) is 0 Å². The van der Waals surface area contributed by atoms with Crippen molar-refractivity contribution in [3.8, 4) is 0 Å². The number of aliphatic hydroxyl groups excluding tert-OH is 2. The Morgan fingerprint density at radius 1 is 1.00 bits per heavy atom. The van der Waals surface area contributed by atoms with Crippen LogP contribution in [0.2, 0.25) is 0 Å². The highest BCUT2D eigenvalue weighted by Crippen LogP contribution is 2.51. The topological polar surface area (TPSA) is 327 Å². The van der Waals surface area contributed by atoms with E-state index in [1.807, 2.05) is 0 Å². The molecule has 9 N–H and O–H groups in total. The summed E-state index contributed by atoms with van der Waals surface area (Å²) in [7, 11) is -9.84. The van der Waals surface area contributed by atoms with E-state index in [0.29, 0.717) is 6.42 Å². The van der Waals surface area contributed by atoms with Crippen LogP contribution in [0, 0.1) is 6.92 Å². The molecule has 22 nitrogen and oxygen atoms in total. The molecule has 0 amide bonds. The second-order valence-electron chi connectivity index (χ2n) is 11.0. The lowest BCUT2D eigenvalue weighted by Gasteiger charge is -2.24. The van der Waals surface area contributed by atoms with Crippen molar-refractivity contribution in [1.29, 1.82) is 0 Å². The summed E-state index contributed by atoms with van der Waals surface area (Å²) in [4.78, 5) is 63.2. The number of anilines is 1. The van der Waals surface area contributed by atoms with Crippen LogP contribution in [0.3, 0.4) is 0 Å². The smallest absolute Gasteiger partial charge is 0.412 e. The molecule has 2 aromatic heterocycles. The first-order chi connectivity index (χ1) is 22.1. The van der Waals surface area contributed by atoms with E-state index in [1.165, 1.54) is 25.4 Å². The van der Waals surface area contributed by atoms with E-state index in [1.54, 1.807) is 0 Å². The van der Waals surface area contributed by atoms with Crippen molar-refractivity contribution < 1.29 is 66.9 Å². The fourth-order valence-corrected chi connectivity index (χ4v) is 7.18. The Morgan fingerprint density at radius 2 is 1.58 bits per heavy atom. The molecule has 2 unspecified atom stereocenters. The van der Waals surface area contributed by atoms with Gasteiger partial charge in [-0.2, -0.15) is 4.98 Å². The molecule has 5 heterocycles. The average molecular weight is 730 g/mol. The van der Waals surface area contributed by atoms with Crippen molar-refractivity contribution in [2.45, 2.75) is 75.3 Å². The lowest BCUT2D eigenvalue weighted by atomic mass is 10.2. The molecule has 3 aliphatic rings. The van der Waals surface area contributed by atoms with E-state index >= 15 is 0 Å². The normalized spacial score (nSPS) is 31.3. The first-order valence-corrected chi connectivity index (χ1v) is 17.3. The van der Waals surface area contributed by atoms with Crippen LogP contribution >= 0.6 is 15.6 Å². The van der Waals surface area contributed by atoms with Gasteiger partial charge in [0.25, 0.3) is 5.56 Å². The van der Waals surface area contributed by atoms with Crippen molar-refractivity contribution in [3.05, 3.63) is 55.3 Å². The van der Waals surface area contributed by atoms with Crippen LogP contribution in [-0.2, 0) is 41.4 Å². The van der Waals surface area contributed by atoms with Gasteiger partial charge in [0.15, 0.2) is 0 Å². The van der Waals surface area contributed by atoms with Gasteiger partial charge in [0.1, 0.15) is 48.8 Å². The number of hydrogen-bond acceptors (Lipinski definition) is 16. The lowest BCUT2D eigenvalue weighted by molar-refractivity contribution is -0.0586. The summed E-state index contributed by atoms with van der Waals surface area (Å²) in [6, 6.07) is 1.31. The number of phosphoric acid groups is 2. The molecule has 0 aromatic carbocycles. The zero-order valence-corrected chi connectivity index (χ0v) is 27.1. The van der Waals surface area contributed by atoms with Gasteiger partial charge in [0.05, 0.1) is 25.9 Å². The zero-order chi connectivity index (χ0) is 34.1. The van der Waals surface area contributed by atoms with Crippen LogP contribution in [0.5, 0.6) is 0 Å². The molecular weight excluding hydrogens is 692 g/mol. The van der Waals surface area contributed by atoms with Crippen LogP contribution in [0.25, 0.3) is 0 Å².